The number of rotatable bonds is 10. The van der Waals surface area contributed by atoms with Crippen LogP contribution >= 0.6 is 0 Å². The first kappa shape index (κ1) is 41.9. The Balaban J connectivity index is 1.54. The molecule has 1 aromatic heterocycles. The first-order valence-corrected chi connectivity index (χ1v) is 17.4. The van der Waals surface area contributed by atoms with Crippen LogP contribution in [0.15, 0.2) is 51.7 Å². The van der Waals surface area contributed by atoms with Crippen LogP contribution in [0.25, 0.3) is 28.4 Å². The van der Waals surface area contributed by atoms with Crippen LogP contribution in [0, 0.1) is 0 Å². The van der Waals surface area contributed by atoms with Gasteiger partial charge in [0.05, 0.1) is 38.6 Å². The van der Waals surface area contributed by atoms with Gasteiger partial charge in [-0.2, -0.15) is 0 Å². The largest absolute Gasteiger partial charge is 0.507 e. The highest BCUT2D eigenvalue weighted by Crippen LogP contribution is 2.51. The zero-order valence-electron chi connectivity index (χ0n) is 30.4. The molecular formula is C38H40O20. The van der Waals surface area contributed by atoms with Gasteiger partial charge in [0, 0.05) is 17.7 Å². The summed E-state index contributed by atoms with van der Waals surface area (Å²) in [7, 11) is 2.55. The summed E-state index contributed by atoms with van der Waals surface area (Å²) in [6.45, 7) is -1.91. The summed E-state index contributed by atoms with van der Waals surface area (Å²) < 4.78 is 33.2. The fraction of sp³-hybridized carbons (Fsp3) is 0.368. The molecule has 0 radical (unpaired) electrons. The van der Waals surface area contributed by atoms with E-state index in [1.807, 2.05) is 0 Å². The van der Waals surface area contributed by atoms with Crippen LogP contribution in [-0.4, -0.2) is 144 Å². The lowest BCUT2D eigenvalue weighted by atomic mass is 9.85. The number of aliphatic hydroxyl groups is 7. The zero-order chi connectivity index (χ0) is 42.3. The molecule has 0 bridgehead atoms. The number of aromatic hydroxyl groups is 5. The highest BCUT2D eigenvalue weighted by molar-refractivity contribution is 5.92. The van der Waals surface area contributed by atoms with Gasteiger partial charge in [0.25, 0.3) is 0 Å². The summed E-state index contributed by atoms with van der Waals surface area (Å²) >= 11 is 0. The number of esters is 1. The minimum atomic E-state index is -2.14. The molecule has 12 N–H and O–H groups in total. The number of aliphatic hydroxyl groups excluding tert-OH is 7. The van der Waals surface area contributed by atoms with E-state index in [0.29, 0.717) is 0 Å². The van der Waals surface area contributed by atoms with Crippen molar-refractivity contribution in [1.82, 2.24) is 0 Å². The van der Waals surface area contributed by atoms with Gasteiger partial charge >= 0.3 is 5.97 Å². The van der Waals surface area contributed by atoms with Crippen molar-refractivity contribution in [2.75, 3.05) is 27.4 Å². The summed E-state index contributed by atoms with van der Waals surface area (Å²) in [4.78, 5) is 27.2. The number of hydrogen-bond acceptors (Lipinski definition) is 20. The maximum absolute atomic E-state index is 13.9. The number of hydrogen-bond donors (Lipinski definition) is 12. The van der Waals surface area contributed by atoms with Gasteiger partial charge < -0.3 is 89.4 Å². The normalized spacial score (nSPS) is 27.5. The lowest BCUT2D eigenvalue weighted by Crippen LogP contribution is -2.56. The molecule has 58 heavy (non-hydrogen) atoms. The quantitative estimate of drug-likeness (QED) is 0.0535. The van der Waals surface area contributed by atoms with E-state index in [-0.39, 0.29) is 34.1 Å². The van der Waals surface area contributed by atoms with Crippen LogP contribution in [0.4, 0.5) is 0 Å². The first-order chi connectivity index (χ1) is 27.6. The summed E-state index contributed by atoms with van der Waals surface area (Å²) in [5.74, 6) is -5.30. The van der Waals surface area contributed by atoms with Gasteiger partial charge in [-0.1, -0.05) is 0 Å². The molecule has 2 aliphatic heterocycles. The molecule has 6 rings (SSSR count). The Morgan fingerprint density at radius 3 is 1.90 bits per heavy atom. The van der Waals surface area contributed by atoms with Crippen LogP contribution in [0.5, 0.6) is 40.2 Å². The van der Waals surface area contributed by atoms with E-state index in [4.69, 9.17) is 28.1 Å². The zero-order valence-corrected chi connectivity index (χ0v) is 30.4. The second-order valence-corrected chi connectivity index (χ2v) is 13.4. The number of ether oxygens (including phenoxy) is 5. The van der Waals surface area contributed by atoms with Gasteiger partial charge in [0.1, 0.15) is 77.6 Å². The Morgan fingerprint density at radius 2 is 1.31 bits per heavy atom. The van der Waals surface area contributed by atoms with E-state index in [2.05, 4.69) is 0 Å². The Labute approximate surface area is 326 Å². The van der Waals surface area contributed by atoms with Crippen molar-refractivity contribution in [2.24, 2.45) is 0 Å². The van der Waals surface area contributed by atoms with Gasteiger partial charge in [-0.15, -0.1) is 0 Å². The SMILES string of the molecule is COc1cc(/C=C/C(=O)O[C@@H]2[C@@H](O)[C@H](O)[C@@H](CO)O[C@H]2c2c(O)c([C@@H]3O[C@H](CO)[C@@H](O)[C@H](O)[C@H]3O)c3oc(-c4ccc(O)c(O)c4)cc(=O)c3c2O)cc(OC)c1O. The fourth-order valence-corrected chi connectivity index (χ4v) is 6.90. The van der Waals surface area contributed by atoms with Crippen LogP contribution in [-0.2, 0) is 19.0 Å². The highest BCUT2D eigenvalue weighted by atomic mass is 16.6. The van der Waals surface area contributed by atoms with Crippen molar-refractivity contribution in [3.05, 3.63) is 69.4 Å². The molecule has 2 aliphatic rings. The third kappa shape index (κ3) is 7.43. The third-order valence-corrected chi connectivity index (χ3v) is 9.95. The number of carbonyl (C=O) groups is 1. The van der Waals surface area contributed by atoms with Gasteiger partial charge in [0.2, 0.25) is 5.75 Å². The number of benzene rings is 3. The van der Waals surface area contributed by atoms with Crippen molar-refractivity contribution in [3.8, 4) is 51.6 Å². The number of fused-ring (bicyclic) bond motifs is 1. The van der Waals surface area contributed by atoms with Crippen molar-refractivity contribution in [3.63, 3.8) is 0 Å². The Kier molecular flexibility index (Phi) is 12.0. The van der Waals surface area contributed by atoms with Gasteiger partial charge in [0.15, 0.2) is 40.1 Å². The topological polar surface area (TPSA) is 336 Å². The average molecular weight is 817 g/mol. The van der Waals surface area contributed by atoms with Crippen LogP contribution in [0.1, 0.15) is 28.9 Å². The second-order valence-electron chi connectivity index (χ2n) is 13.4. The Morgan fingerprint density at radius 1 is 0.707 bits per heavy atom. The molecule has 0 spiro atoms. The second kappa shape index (κ2) is 16.7. The van der Waals surface area contributed by atoms with Crippen molar-refractivity contribution >= 4 is 23.0 Å². The van der Waals surface area contributed by atoms with E-state index in [9.17, 15) is 70.9 Å². The molecule has 0 saturated carbocycles. The summed E-state index contributed by atoms with van der Waals surface area (Å²) in [6.07, 6.45) is -17.5. The van der Waals surface area contributed by atoms with E-state index in [1.54, 1.807) is 0 Å². The summed E-state index contributed by atoms with van der Waals surface area (Å²) in [5.41, 5.74) is -3.06. The standard InChI is InChI=1S/C38H40O20/c1-53-19-7-13(8-20(54-2)27(19)45)3-6-23(44)58-38-33(51)29(47)22(12-40)57-37(38)25-30(48)24-17(43)10-18(14-4-5-15(41)16(42)9-14)55-35(24)26(31(25)49)36-34(52)32(50)28(46)21(11-39)56-36/h3-10,21-22,28-29,32-34,36-42,45-52H,11-12H2,1-2H3/b6-3+/t21-,22-,28-,29-,32+,33+,34-,36+,37+,38-/m1/s1. The molecule has 0 aliphatic carbocycles. The molecule has 0 amide bonds. The number of carbonyl (C=O) groups excluding carboxylic acids is 1. The summed E-state index contributed by atoms with van der Waals surface area (Å²) in [6, 6.07) is 6.84. The van der Waals surface area contributed by atoms with Gasteiger partial charge in [-0.3, -0.25) is 4.79 Å². The lowest BCUT2D eigenvalue weighted by Gasteiger charge is -2.43. The molecule has 2 saturated heterocycles. The van der Waals surface area contributed by atoms with Gasteiger partial charge in [-0.25, -0.2) is 4.79 Å². The number of methoxy groups -OCH3 is 2. The molecule has 3 aromatic carbocycles. The predicted molar refractivity (Wildman–Crippen MR) is 194 cm³/mol. The molecule has 20 heteroatoms. The Hall–Kier alpha value is -5.68. The maximum atomic E-state index is 13.9. The molecule has 0 unspecified atom stereocenters. The first-order valence-electron chi connectivity index (χ1n) is 17.4. The minimum Gasteiger partial charge on any atom is -0.507 e. The van der Waals surface area contributed by atoms with Crippen molar-refractivity contribution in [1.29, 1.82) is 0 Å². The van der Waals surface area contributed by atoms with E-state index < -0.39 is 131 Å². The third-order valence-electron chi connectivity index (χ3n) is 9.95. The van der Waals surface area contributed by atoms with Crippen molar-refractivity contribution in [2.45, 2.75) is 61.0 Å². The highest BCUT2D eigenvalue weighted by Gasteiger charge is 2.51. The minimum absolute atomic E-state index is 0.0140. The van der Waals surface area contributed by atoms with E-state index in [1.165, 1.54) is 38.5 Å². The van der Waals surface area contributed by atoms with Crippen LogP contribution in [0.3, 0.4) is 0 Å². The number of phenols is 5. The predicted octanol–water partition coefficient (Wildman–Crippen LogP) is -0.701. The van der Waals surface area contributed by atoms with Crippen molar-refractivity contribution < 1.29 is 94.2 Å². The van der Waals surface area contributed by atoms with Crippen LogP contribution < -0.4 is 14.9 Å². The average Bonchev–Trinajstić information content (AvgIpc) is 3.20. The molecule has 20 nitrogen and oxygen atoms in total. The fourth-order valence-electron chi connectivity index (χ4n) is 6.90. The van der Waals surface area contributed by atoms with E-state index >= 15 is 0 Å². The molecule has 3 heterocycles. The molecule has 10 atom stereocenters. The lowest BCUT2D eigenvalue weighted by molar-refractivity contribution is -0.240. The Bertz CT molecular complexity index is 2240. The smallest absolute Gasteiger partial charge is 0.331 e. The molecule has 312 valence electrons. The summed E-state index contributed by atoms with van der Waals surface area (Å²) in [5, 5.41) is 128. The van der Waals surface area contributed by atoms with E-state index in [0.717, 1.165) is 24.3 Å². The van der Waals surface area contributed by atoms with Crippen LogP contribution in [0.2, 0.25) is 0 Å². The number of phenolic OH excluding ortho intramolecular Hbond substituents is 5. The molecular weight excluding hydrogens is 776 g/mol. The maximum Gasteiger partial charge on any atom is 0.331 e. The molecule has 4 aromatic rings. The monoisotopic (exact) mass is 816 g/mol. The molecule has 2 fully saturated rings. The van der Waals surface area contributed by atoms with Gasteiger partial charge in [-0.05, 0) is 42.0 Å².